The second kappa shape index (κ2) is 36.5. The number of carbonyl (C=O) groups is 10. The van der Waals surface area contributed by atoms with Crippen LogP contribution in [0.1, 0.15) is 89.7 Å². The van der Waals surface area contributed by atoms with Crippen LogP contribution in [0.4, 0.5) is 4.79 Å². The number of aliphatic imine (C=N–C) groups is 1. The number of amides is 11. The molecular weight excluding hydrogens is 1050 g/mol. The van der Waals surface area contributed by atoms with E-state index in [2.05, 4.69) is 68.5 Å². The van der Waals surface area contributed by atoms with E-state index in [1.807, 2.05) is 11.8 Å². The van der Waals surface area contributed by atoms with Gasteiger partial charge in [0.1, 0.15) is 36.8 Å². The zero-order valence-corrected chi connectivity index (χ0v) is 45.7. The number of rotatable bonds is 26. The normalized spacial score (nSPS) is 24.1. The Hall–Kier alpha value is -6.70. The molecule has 11 amide bonds. The minimum atomic E-state index is -1.29. The van der Waals surface area contributed by atoms with Crippen LogP contribution in [-0.2, 0) is 70.3 Å². The van der Waals surface area contributed by atoms with Crippen molar-refractivity contribution in [2.45, 2.75) is 144 Å². The zero-order valence-electron chi connectivity index (χ0n) is 44.9. The van der Waals surface area contributed by atoms with E-state index >= 15 is 0 Å². The molecule has 2 fully saturated rings. The Morgan fingerprint density at radius 3 is 2.19 bits per heavy atom. The van der Waals surface area contributed by atoms with Crippen LogP contribution in [0.3, 0.4) is 0 Å². The van der Waals surface area contributed by atoms with Gasteiger partial charge in [-0.15, -0.1) is 5.10 Å². The zero-order chi connectivity index (χ0) is 57.4. The fourth-order valence-electron chi connectivity index (χ4n) is 8.57. The summed E-state index contributed by atoms with van der Waals surface area (Å²) in [5, 5.41) is 35.2. The van der Waals surface area contributed by atoms with Crippen LogP contribution >= 0.6 is 11.8 Å². The molecule has 3 aliphatic heterocycles. The molecule has 0 aromatic carbocycles. The minimum Gasteiger partial charge on any atom is -0.390 e. The van der Waals surface area contributed by atoms with Crippen molar-refractivity contribution < 1.29 is 62.2 Å². The van der Waals surface area contributed by atoms with Crippen molar-refractivity contribution >= 4 is 77.3 Å². The molecule has 0 spiro atoms. The molecule has 0 radical (unpaired) electrons. The van der Waals surface area contributed by atoms with Gasteiger partial charge in [0, 0.05) is 49.7 Å². The highest BCUT2D eigenvalue weighted by atomic mass is 32.2. The molecule has 1 aromatic heterocycles. The second-order valence-electron chi connectivity index (χ2n) is 19.1. The van der Waals surface area contributed by atoms with Crippen LogP contribution in [-0.4, -0.2) is 206 Å². The van der Waals surface area contributed by atoms with Crippen molar-refractivity contribution in [2.24, 2.45) is 22.2 Å². The lowest BCUT2D eigenvalue weighted by molar-refractivity contribution is -0.134. The summed E-state index contributed by atoms with van der Waals surface area (Å²) in [4.78, 5) is 133. The number of hydrogen-bond donors (Lipinski definition) is 13. The van der Waals surface area contributed by atoms with Gasteiger partial charge >= 0.3 is 6.03 Å². The van der Waals surface area contributed by atoms with Crippen LogP contribution in [0, 0.1) is 0 Å². The maximum Gasteiger partial charge on any atom is 0.315 e. The van der Waals surface area contributed by atoms with Gasteiger partial charge in [0.15, 0.2) is 0 Å². The number of nitrogens with zero attached hydrogens (tertiary/aromatic N) is 4. The average molecular weight is 1140 g/mol. The molecule has 442 valence electrons. The van der Waals surface area contributed by atoms with Gasteiger partial charge in [-0.1, -0.05) is 11.6 Å². The maximum atomic E-state index is 13.9. The molecule has 8 atom stereocenters. The van der Waals surface area contributed by atoms with Crippen molar-refractivity contribution in [3.05, 3.63) is 11.9 Å². The number of aromatic nitrogens is 3. The molecule has 4 rings (SSSR count). The molecule has 30 nitrogen and oxygen atoms in total. The van der Waals surface area contributed by atoms with Crippen molar-refractivity contribution in [1.29, 1.82) is 0 Å². The fourth-order valence-corrected chi connectivity index (χ4v) is 10.1. The van der Waals surface area contributed by atoms with Crippen LogP contribution in [0.2, 0.25) is 0 Å². The Kier molecular flexibility index (Phi) is 29.9. The predicted molar refractivity (Wildman–Crippen MR) is 287 cm³/mol. The van der Waals surface area contributed by atoms with E-state index in [1.54, 1.807) is 6.20 Å². The number of carbonyl (C=O) groups excluding carboxylic acids is 10. The number of ether oxygens (including phenoxy) is 3. The van der Waals surface area contributed by atoms with Crippen molar-refractivity contribution in [3.63, 3.8) is 0 Å². The first-order valence-electron chi connectivity index (χ1n) is 26.9. The molecule has 31 heteroatoms. The van der Waals surface area contributed by atoms with Crippen LogP contribution in [0.5, 0.6) is 0 Å². The summed E-state index contributed by atoms with van der Waals surface area (Å²) in [6.45, 7) is 1.89. The number of aryl methyl sites for hydroxylation is 1. The average Bonchev–Trinajstić information content (AvgIpc) is 4.25. The van der Waals surface area contributed by atoms with Gasteiger partial charge in [0.2, 0.25) is 53.2 Å². The highest BCUT2D eigenvalue weighted by Gasteiger charge is 2.42. The Labute approximate surface area is 462 Å². The fraction of sp³-hybridized carbons (Fsp3) is 0.729. The number of urea groups is 1. The SMILES string of the molecule is C[C@@H]1NC(=O)C(NC(=O)COCCOCCOCCNC(=O)CCCCC2SC[C@H]3NC(=O)N[C@@H]23)Cc2cn(nn2)CCCCC(C(N)=O)NC(=O)CNC(=O)[C@H](CCCN=CN)NC(=O)CNC(=O)[C@H](CCCCN)NC1=O. The van der Waals surface area contributed by atoms with Crippen molar-refractivity contribution in [1.82, 2.24) is 68.2 Å². The lowest BCUT2D eigenvalue weighted by atomic mass is 10.0. The maximum absolute atomic E-state index is 13.9. The van der Waals surface area contributed by atoms with E-state index < -0.39 is 97.2 Å². The third-order valence-electron chi connectivity index (χ3n) is 12.8. The number of primary amides is 1. The third kappa shape index (κ3) is 25.3. The van der Waals surface area contributed by atoms with Crippen LogP contribution in [0.15, 0.2) is 11.2 Å². The first-order chi connectivity index (χ1) is 38.1. The van der Waals surface area contributed by atoms with E-state index in [9.17, 15) is 47.9 Å². The molecular formula is C48H81N17O13S. The molecule has 4 heterocycles. The van der Waals surface area contributed by atoms with Gasteiger partial charge in [-0.25, -0.2) is 4.79 Å². The van der Waals surface area contributed by atoms with E-state index in [4.69, 9.17) is 31.4 Å². The summed E-state index contributed by atoms with van der Waals surface area (Å²) in [6.07, 6.45) is 7.89. The highest BCUT2D eigenvalue weighted by molar-refractivity contribution is 8.00. The summed E-state index contributed by atoms with van der Waals surface area (Å²) in [7, 11) is 0. The van der Waals surface area contributed by atoms with Gasteiger partial charge in [0.25, 0.3) is 0 Å². The van der Waals surface area contributed by atoms with E-state index in [0.717, 1.165) is 31.4 Å². The molecule has 3 aliphatic rings. The van der Waals surface area contributed by atoms with Crippen molar-refractivity contribution in [3.8, 4) is 0 Å². The Morgan fingerprint density at radius 2 is 1.47 bits per heavy atom. The van der Waals surface area contributed by atoms with E-state index in [-0.39, 0.29) is 82.7 Å². The topological polar surface area (TPSA) is 440 Å². The number of nitrogens with one attached hydrogen (secondary N) is 10. The number of hydrogen-bond acceptors (Lipinski definition) is 18. The first kappa shape index (κ1) is 64.8. The smallest absolute Gasteiger partial charge is 0.315 e. The van der Waals surface area contributed by atoms with Crippen LogP contribution < -0.4 is 70.4 Å². The standard InChI is InChI=1S/C48H81N17O13S/c1-30-44(71)60-34(10-4-6-14-49)46(73)55-25-40(68)58-33(11-8-15-52-29-50)45(72)54-24-39(67)57-32(43(51)70)9-5-7-17-65-26-31(63-64-65)23-35(47(74)56-30)59-41(69)27-78-22-21-77-20-19-76-18-16-53-38(66)13-3-2-12-37-42-36(28-79-37)61-48(75)62-42/h26,29-30,32-37,42H,2-25,27-28,49H2,1H3,(H2,50,52)(H2,51,70)(H,53,66)(H,54,72)(H,55,73)(H,56,74)(H,57,67)(H,58,68)(H,59,69)(H,60,71)(H2,61,62,75)/t30-,32?,33-,34-,35?,36+,37?,42+/m0/s1. The summed E-state index contributed by atoms with van der Waals surface area (Å²) in [5.41, 5.74) is 16.9. The van der Waals surface area contributed by atoms with Gasteiger partial charge in [-0.3, -0.25) is 52.8 Å². The van der Waals surface area contributed by atoms with Gasteiger partial charge in [0.05, 0.1) is 70.2 Å². The summed E-state index contributed by atoms with van der Waals surface area (Å²) in [6, 6.07) is -5.73. The molecule has 2 bridgehead atoms. The Balaban J connectivity index is 1.28. The molecule has 2 saturated heterocycles. The Morgan fingerprint density at radius 1 is 0.785 bits per heavy atom. The number of thioether (sulfide) groups is 1. The number of unbranched alkanes of at least 4 members (excludes halogenated alkanes) is 2. The molecule has 16 N–H and O–H groups in total. The lowest BCUT2D eigenvalue weighted by Crippen LogP contribution is -2.57. The highest BCUT2D eigenvalue weighted by Crippen LogP contribution is 2.33. The summed E-state index contributed by atoms with van der Waals surface area (Å²) >= 11 is 1.85. The largest absolute Gasteiger partial charge is 0.390 e. The summed E-state index contributed by atoms with van der Waals surface area (Å²) < 4.78 is 18.1. The second-order valence-corrected chi connectivity index (χ2v) is 20.4. The van der Waals surface area contributed by atoms with Crippen molar-refractivity contribution in [2.75, 3.05) is 78.1 Å². The monoisotopic (exact) mass is 1140 g/mol. The molecule has 3 unspecified atom stereocenters. The van der Waals surface area contributed by atoms with Gasteiger partial charge < -0.3 is 84.6 Å². The molecule has 1 aromatic rings. The number of fused-ring (bicyclic) bond motifs is 3. The third-order valence-corrected chi connectivity index (χ3v) is 14.3. The van der Waals surface area contributed by atoms with Crippen LogP contribution in [0.25, 0.3) is 0 Å². The lowest BCUT2D eigenvalue weighted by Gasteiger charge is -2.23. The molecule has 79 heavy (non-hydrogen) atoms. The predicted octanol–water partition coefficient (Wildman–Crippen LogP) is -5.05. The molecule has 0 saturated carbocycles. The quantitative estimate of drug-likeness (QED) is 0.0179. The molecule has 0 aliphatic carbocycles. The minimum absolute atomic E-state index is 0.0261. The van der Waals surface area contributed by atoms with Gasteiger partial charge in [-0.05, 0) is 77.7 Å². The summed E-state index contributed by atoms with van der Waals surface area (Å²) in [5.74, 6) is -5.09. The first-order valence-corrected chi connectivity index (χ1v) is 27.9. The Bertz CT molecular complexity index is 2190. The van der Waals surface area contributed by atoms with E-state index in [1.165, 1.54) is 11.6 Å². The number of nitrogens with two attached hydrogens (primary N) is 3. The van der Waals surface area contributed by atoms with Gasteiger partial charge in [-0.2, -0.15) is 11.8 Å². The van der Waals surface area contributed by atoms with E-state index in [0.29, 0.717) is 75.7 Å².